The van der Waals surface area contributed by atoms with Gasteiger partial charge in [-0.1, -0.05) is 60.7 Å². The highest BCUT2D eigenvalue weighted by Gasteiger charge is 2.12. The van der Waals surface area contributed by atoms with Crippen LogP contribution in [0.5, 0.6) is 5.88 Å². The molecule has 3 rings (SSSR count). The van der Waals surface area contributed by atoms with Crippen molar-refractivity contribution in [3.8, 4) is 23.1 Å². The minimum atomic E-state index is 0.383. The molecule has 3 aromatic rings. The van der Waals surface area contributed by atoms with Crippen LogP contribution in [0.15, 0.2) is 66.7 Å². The number of ether oxygens (including phenoxy) is 1. The molecule has 0 radical (unpaired) electrons. The number of aromatic nitrogens is 1. The Morgan fingerprint density at radius 3 is 2.30 bits per heavy atom. The van der Waals surface area contributed by atoms with Crippen molar-refractivity contribution in [3.63, 3.8) is 0 Å². The van der Waals surface area contributed by atoms with Gasteiger partial charge in [0.15, 0.2) is 0 Å². The van der Waals surface area contributed by atoms with Gasteiger partial charge in [0.05, 0.1) is 0 Å². The minimum Gasteiger partial charge on any atom is -0.472 e. The summed E-state index contributed by atoms with van der Waals surface area (Å²) >= 11 is 0. The first-order valence-corrected chi connectivity index (χ1v) is 7.42. The Balaban J connectivity index is 1.90. The molecule has 0 unspecified atom stereocenters. The number of aryl methyl sites for hydroxylation is 1. The fraction of sp³-hybridized carbons (Fsp3) is 0.100. The molecule has 0 saturated carbocycles. The summed E-state index contributed by atoms with van der Waals surface area (Å²) in [5, 5.41) is 9.41. The molecule has 0 fully saturated rings. The normalized spacial score (nSPS) is 10.1. The van der Waals surface area contributed by atoms with E-state index in [1.165, 1.54) is 0 Å². The standard InChI is InChI=1S/C20H16N2O/c1-15-19(17-10-6-3-7-11-17)12-18(13-21)20(22-15)23-14-16-8-4-2-5-9-16/h2-12H,14H2,1H3. The third kappa shape index (κ3) is 3.38. The summed E-state index contributed by atoms with van der Waals surface area (Å²) in [5.74, 6) is 0.383. The molecule has 3 heteroatoms. The van der Waals surface area contributed by atoms with Gasteiger partial charge in [-0.3, -0.25) is 0 Å². The van der Waals surface area contributed by atoms with Crippen molar-refractivity contribution in [2.75, 3.05) is 0 Å². The highest BCUT2D eigenvalue weighted by atomic mass is 16.5. The van der Waals surface area contributed by atoms with Gasteiger partial charge in [0.2, 0.25) is 5.88 Å². The van der Waals surface area contributed by atoms with E-state index < -0.39 is 0 Å². The lowest BCUT2D eigenvalue weighted by Crippen LogP contribution is -2.01. The molecule has 112 valence electrons. The van der Waals surface area contributed by atoms with Gasteiger partial charge in [0, 0.05) is 11.3 Å². The molecule has 1 aromatic heterocycles. The summed E-state index contributed by atoms with van der Waals surface area (Å²) < 4.78 is 5.75. The van der Waals surface area contributed by atoms with Crippen molar-refractivity contribution < 1.29 is 4.74 Å². The van der Waals surface area contributed by atoms with Crippen molar-refractivity contribution in [2.24, 2.45) is 0 Å². The number of pyridine rings is 1. The highest BCUT2D eigenvalue weighted by Crippen LogP contribution is 2.27. The van der Waals surface area contributed by atoms with Gasteiger partial charge in [-0.15, -0.1) is 0 Å². The Morgan fingerprint density at radius 2 is 1.65 bits per heavy atom. The van der Waals surface area contributed by atoms with Crippen LogP contribution in [0.25, 0.3) is 11.1 Å². The maximum absolute atomic E-state index is 9.41. The zero-order valence-electron chi connectivity index (χ0n) is 12.9. The molecule has 0 spiro atoms. The Kier molecular flexibility index (Phi) is 4.35. The summed E-state index contributed by atoms with van der Waals surface area (Å²) in [5.41, 5.74) is 4.34. The topological polar surface area (TPSA) is 45.9 Å². The van der Waals surface area contributed by atoms with Crippen molar-refractivity contribution in [2.45, 2.75) is 13.5 Å². The van der Waals surface area contributed by atoms with E-state index in [1.54, 1.807) is 0 Å². The summed E-state index contributed by atoms with van der Waals surface area (Å²) in [6, 6.07) is 23.8. The molecule has 0 bridgehead atoms. The van der Waals surface area contributed by atoms with Gasteiger partial charge in [-0.25, -0.2) is 4.98 Å². The summed E-state index contributed by atoms with van der Waals surface area (Å²) in [6.07, 6.45) is 0. The van der Waals surface area contributed by atoms with Gasteiger partial charge in [0.1, 0.15) is 18.2 Å². The number of benzene rings is 2. The van der Waals surface area contributed by atoms with Crippen LogP contribution in [0.3, 0.4) is 0 Å². The smallest absolute Gasteiger partial charge is 0.232 e. The van der Waals surface area contributed by atoms with Crippen LogP contribution >= 0.6 is 0 Å². The molecule has 0 atom stereocenters. The molecule has 2 aromatic carbocycles. The second-order valence-corrected chi connectivity index (χ2v) is 5.23. The maximum Gasteiger partial charge on any atom is 0.232 e. The van der Waals surface area contributed by atoms with E-state index in [2.05, 4.69) is 11.1 Å². The molecular formula is C20H16N2O. The maximum atomic E-state index is 9.41. The van der Waals surface area contributed by atoms with E-state index >= 15 is 0 Å². The Labute approximate surface area is 135 Å². The van der Waals surface area contributed by atoms with Crippen molar-refractivity contribution in [1.29, 1.82) is 5.26 Å². The predicted molar refractivity (Wildman–Crippen MR) is 89.9 cm³/mol. The quantitative estimate of drug-likeness (QED) is 0.712. The van der Waals surface area contributed by atoms with E-state index in [1.807, 2.05) is 73.7 Å². The highest BCUT2D eigenvalue weighted by molar-refractivity contribution is 5.68. The van der Waals surface area contributed by atoms with E-state index in [0.29, 0.717) is 18.1 Å². The summed E-state index contributed by atoms with van der Waals surface area (Å²) in [4.78, 5) is 4.49. The van der Waals surface area contributed by atoms with Crippen LogP contribution in [0.1, 0.15) is 16.8 Å². The molecule has 0 aliphatic heterocycles. The van der Waals surface area contributed by atoms with Crippen LogP contribution in [0.4, 0.5) is 0 Å². The zero-order valence-corrected chi connectivity index (χ0v) is 12.9. The van der Waals surface area contributed by atoms with E-state index in [9.17, 15) is 5.26 Å². The largest absolute Gasteiger partial charge is 0.472 e. The molecule has 0 saturated heterocycles. The third-order valence-corrected chi connectivity index (χ3v) is 3.60. The average Bonchev–Trinajstić information content (AvgIpc) is 2.61. The summed E-state index contributed by atoms with van der Waals surface area (Å²) in [7, 11) is 0. The first kappa shape index (κ1) is 14.8. The van der Waals surface area contributed by atoms with E-state index in [-0.39, 0.29) is 0 Å². The lowest BCUT2D eigenvalue weighted by molar-refractivity contribution is 0.292. The van der Waals surface area contributed by atoms with Gasteiger partial charge < -0.3 is 4.74 Å². The number of rotatable bonds is 4. The average molecular weight is 300 g/mol. The van der Waals surface area contributed by atoms with Crippen molar-refractivity contribution >= 4 is 0 Å². The Hall–Kier alpha value is -3.12. The fourth-order valence-corrected chi connectivity index (χ4v) is 2.41. The van der Waals surface area contributed by atoms with Gasteiger partial charge in [-0.2, -0.15) is 5.26 Å². The number of hydrogen-bond acceptors (Lipinski definition) is 3. The van der Waals surface area contributed by atoms with Gasteiger partial charge in [-0.05, 0) is 24.1 Å². The molecule has 0 aliphatic rings. The Bertz CT molecular complexity index is 837. The zero-order chi connectivity index (χ0) is 16.1. The minimum absolute atomic E-state index is 0.383. The predicted octanol–water partition coefficient (Wildman–Crippen LogP) is 4.51. The molecule has 0 aliphatic carbocycles. The summed E-state index contributed by atoms with van der Waals surface area (Å²) in [6.45, 7) is 2.32. The molecule has 1 heterocycles. The first-order valence-electron chi connectivity index (χ1n) is 7.42. The second-order valence-electron chi connectivity index (χ2n) is 5.23. The SMILES string of the molecule is Cc1nc(OCc2ccccc2)c(C#N)cc1-c1ccccc1. The van der Waals surface area contributed by atoms with Crippen LogP contribution in [-0.4, -0.2) is 4.98 Å². The number of hydrogen-bond donors (Lipinski definition) is 0. The second kappa shape index (κ2) is 6.76. The van der Waals surface area contributed by atoms with Gasteiger partial charge in [0.25, 0.3) is 0 Å². The number of nitrogens with zero attached hydrogens (tertiary/aromatic N) is 2. The van der Waals surface area contributed by atoms with Crippen molar-refractivity contribution in [1.82, 2.24) is 4.98 Å². The fourth-order valence-electron chi connectivity index (χ4n) is 2.41. The van der Waals surface area contributed by atoms with Crippen LogP contribution in [0.2, 0.25) is 0 Å². The first-order chi connectivity index (χ1) is 11.3. The molecule has 0 amide bonds. The van der Waals surface area contributed by atoms with Crippen LogP contribution in [-0.2, 0) is 6.61 Å². The third-order valence-electron chi connectivity index (χ3n) is 3.60. The lowest BCUT2D eigenvalue weighted by atomic mass is 10.0. The van der Waals surface area contributed by atoms with Crippen LogP contribution < -0.4 is 4.74 Å². The number of nitriles is 1. The van der Waals surface area contributed by atoms with E-state index in [0.717, 1.165) is 22.4 Å². The van der Waals surface area contributed by atoms with E-state index in [4.69, 9.17) is 4.74 Å². The molecule has 3 nitrogen and oxygen atoms in total. The van der Waals surface area contributed by atoms with Crippen LogP contribution in [0, 0.1) is 18.3 Å². The lowest BCUT2D eigenvalue weighted by Gasteiger charge is -2.11. The van der Waals surface area contributed by atoms with Gasteiger partial charge >= 0.3 is 0 Å². The molecular weight excluding hydrogens is 284 g/mol. The monoisotopic (exact) mass is 300 g/mol. The molecule has 23 heavy (non-hydrogen) atoms. The molecule has 0 N–H and O–H groups in total. The Morgan fingerprint density at radius 1 is 1.00 bits per heavy atom. The van der Waals surface area contributed by atoms with Crippen molar-refractivity contribution in [3.05, 3.63) is 83.6 Å².